The molecule has 10 heavy (non-hydrogen) atoms. The lowest BCUT2D eigenvalue weighted by Gasteiger charge is -2.15. The molecule has 2 aliphatic rings. The highest BCUT2D eigenvalue weighted by molar-refractivity contribution is 4.79. The van der Waals surface area contributed by atoms with Crippen LogP contribution in [0.5, 0.6) is 0 Å². The first-order chi connectivity index (χ1) is 4.97. The van der Waals surface area contributed by atoms with Gasteiger partial charge in [0.1, 0.15) is 25.0 Å². The van der Waals surface area contributed by atoms with E-state index in [9.17, 15) is 0 Å². The molecule has 0 fully saturated rings. The zero-order chi connectivity index (χ0) is 6.81. The Morgan fingerprint density at radius 2 is 0.900 bits per heavy atom. The molecule has 4 heteroatoms. The second-order valence-electron chi connectivity index (χ2n) is 1.83. The van der Waals surface area contributed by atoms with E-state index in [0.717, 1.165) is 0 Å². The van der Waals surface area contributed by atoms with Crippen molar-refractivity contribution in [2.45, 2.75) is 12.6 Å². The van der Waals surface area contributed by atoms with Crippen molar-refractivity contribution in [3.05, 3.63) is 25.0 Å². The first kappa shape index (κ1) is 5.46. The number of hydrogen-bond acceptors (Lipinski definition) is 4. The maximum Gasteiger partial charge on any atom is 0.315 e. The summed E-state index contributed by atoms with van der Waals surface area (Å²) in [7, 11) is 0. The van der Waals surface area contributed by atoms with E-state index in [1.54, 1.807) is 0 Å². The van der Waals surface area contributed by atoms with Gasteiger partial charge in [0, 0.05) is 0 Å². The Bertz CT molecular complexity index is 139. The summed E-state index contributed by atoms with van der Waals surface area (Å²) in [6, 6.07) is 0. The molecule has 2 aliphatic heterocycles. The summed E-state index contributed by atoms with van der Waals surface area (Å²) in [6.45, 7) is 0. The van der Waals surface area contributed by atoms with Crippen LogP contribution in [0.15, 0.2) is 25.0 Å². The van der Waals surface area contributed by atoms with Gasteiger partial charge in [-0.3, -0.25) is 0 Å². The summed E-state index contributed by atoms with van der Waals surface area (Å²) in [5.74, 6) is 0. The molecule has 0 aliphatic carbocycles. The van der Waals surface area contributed by atoms with Crippen LogP contribution in [0.1, 0.15) is 0 Å². The van der Waals surface area contributed by atoms with Crippen molar-refractivity contribution in [3.63, 3.8) is 0 Å². The van der Waals surface area contributed by atoms with Crippen molar-refractivity contribution in [1.82, 2.24) is 0 Å². The fraction of sp³-hybridized carbons (Fsp3) is 0.333. The van der Waals surface area contributed by atoms with Gasteiger partial charge in [-0.05, 0) is 0 Å². The Hall–Kier alpha value is -1.32. The van der Waals surface area contributed by atoms with Gasteiger partial charge in [-0.2, -0.15) is 0 Å². The van der Waals surface area contributed by atoms with Gasteiger partial charge < -0.3 is 18.9 Å². The van der Waals surface area contributed by atoms with Gasteiger partial charge in [-0.1, -0.05) is 0 Å². The highest BCUT2D eigenvalue weighted by Crippen LogP contribution is 2.17. The summed E-state index contributed by atoms with van der Waals surface area (Å²) in [5.41, 5.74) is 0. The van der Waals surface area contributed by atoms with Crippen LogP contribution in [0.4, 0.5) is 0 Å². The van der Waals surface area contributed by atoms with Gasteiger partial charge in [0.2, 0.25) is 0 Å². The predicted octanol–water partition coefficient (Wildman–Crippen LogP) is 0.675. The van der Waals surface area contributed by atoms with Gasteiger partial charge >= 0.3 is 12.6 Å². The van der Waals surface area contributed by atoms with E-state index in [2.05, 4.69) is 0 Å². The molecule has 0 N–H and O–H groups in total. The fourth-order valence-electron chi connectivity index (χ4n) is 0.759. The van der Waals surface area contributed by atoms with Crippen LogP contribution in [0.3, 0.4) is 0 Å². The van der Waals surface area contributed by atoms with E-state index in [1.807, 2.05) is 0 Å². The van der Waals surface area contributed by atoms with Crippen LogP contribution >= 0.6 is 0 Å². The Morgan fingerprint density at radius 3 is 1.20 bits per heavy atom. The summed E-state index contributed by atoms with van der Waals surface area (Å²) in [5, 5.41) is 0. The Labute approximate surface area is 57.6 Å². The van der Waals surface area contributed by atoms with Crippen LogP contribution < -0.4 is 0 Å². The van der Waals surface area contributed by atoms with Gasteiger partial charge in [0.25, 0.3) is 0 Å². The number of rotatable bonds is 1. The topological polar surface area (TPSA) is 36.9 Å². The maximum atomic E-state index is 4.94. The van der Waals surface area contributed by atoms with E-state index < -0.39 is 12.6 Å². The molecular formula is C6H6O4. The van der Waals surface area contributed by atoms with E-state index in [1.165, 1.54) is 25.0 Å². The molecule has 0 aromatic heterocycles. The van der Waals surface area contributed by atoms with Crippen LogP contribution in [-0.2, 0) is 18.9 Å². The maximum absolute atomic E-state index is 4.94. The molecule has 0 saturated heterocycles. The Kier molecular flexibility index (Phi) is 1.16. The van der Waals surface area contributed by atoms with Crippen LogP contribution in [0.25, 0.3) is 0 Å². The van der Waals surface area contributed by atoms with E-state index >= 15 is 0 Å². The molecule has 0 bridgehead atoms. The van der Waals surface area contributed by atoms with Gasteiger partial charge in [-0.15, -0.1) is 0 Å². The molecule has 54 valence electrons. The molecule has 0 aromatic carbocycles. The molecule has 0 radical (unpaired) electrons. The van der Waals surface area contributed by atoms with E-state index in [4.69, 9.17) is 18.9 Å². The highest BCUT2D eigenvalue weighted by atomic mass is 16.8. The first-order valence-electron chi connectivity index (χ1n) is 2.89. The molecule has 0 unspecified atom stereocenters. The third-order valence-electron chi connectivity index (χ3n) is 1.18. The van der Waals surface area contributed by atoms with Crippen molar-refractivity contribution < 1.29 is 18.9 Å². The summed E-state index contributed by atoms with van der Waals surface area (Å²) in [6.07, 6.45) is 4.89. The van der Waals surface area contributed by atoms with Crippen LogP contribution in [0.2, 0.25) is 0 Å². The molecule has 4 nitrogen and oxygen atoms in total. The minimum atomic E-state index is -0.463. The lowest BCUT2D eigenvalue weighted by Crippen LogP contribution is -2.27. The lowest BCUT2D eigenvalue weighted by atomic mass is 10.6. The Morgan fingerprint density at radius 1 is 0.600 bits per heavy atom. The second kappa shape index (κ2) is 2.13. The SMILES string of the molecule is C1=COC(C2OC=CO2)O1. The second-order valence-corrected chi connectivity index (χ2v) is 1.83. The van der Waals surface area contributed by atoms with Crippen LogP contribution in [-0.4, -0.2) is 12.6 Å². The summed E-state index contributed by atoms with van der Waals surface area (Å²) in [4.78, 5) is 0. The molecule has 0 spiro atoms. The normalized spacial score (nSPS) is 23.6. The van der Waals surface area contributed by atoms with E-state index in [-0.39, 0.29) is 0 Å². The molecule has 0 amide bonds. The Balaban J connectivity index is 1.89. The average Bonchev–Trinajstić information content (AvgIpc) is 2.59. The van der Waals surface area contributed by atoms with Gasteiger partial charge in [0.05, 0.1) is 0 Å². The third-order valence-corrected chi connectivity index (χ3v) is 1.18. The molecular weight excluding hydrogens is 136 g/mol. The lowest BCUT2D eigenvalue weighted by molar-refractivity contribution is -0.185. The monoisotopic (exact) mass is 142 g/mol. The number of ether oxygens (including phenoxy) is 4. The van der Waals surface area contributed by atoms with Crippen LogP contribution in [0, 0.1) is 0 Å². The minimum absolute atomic E-state index is 0.463. The van der Waals surface area contributed by atoms with Crippen molar-refractivity contribution in [1.29, 1.82) is 0 Å². The average molecular weight is 142 g/mol. The predicted molar refractivity (Wildman–Crippen MR) is 30.2 cm³/mol. The first-order valence-corrected chi connectivity index (χ1v) is 2.89. The third kappa shape index (κ3) is 0.775. The summed E-state index contributed by atoms with van der Waals surface area (Å²) < 4.78 is 19.8. The van der Waals surface area contributed by atoms with Crippen molar-refractivity contribution >= 4 is 0 Å². The van der Waals surface area contributed by atoms with Crippen molar-refractivity contribution in [2.75, 3.05) is 0 Å². The molecule has 2 heterocycles. The molecule has 0 atom stereocenters. The quantitative estimate of drug-likeness (QED) is 0.539. The fourth-order valence-corrected chi connectivity index (χ4v) is 0.759. The largest absolute Gasteiger partial charge is 0.453 e. The molecule has 0 saturated carbocycles. The van der Waals surface area contributed by atoms with Crippen molar-refractivity contribution in [2.24, 2.45) is 0 Å². The minimum Gasteiger partial charge on any atom is -0.453 e. The van der Waals surface area contributed by atoms with Gasteiger partial charge in [-0.25, -0.2) is 0 Å². The zero-order valence-electron chi connectivity index (χ0n) is 5.10. The summed E-state index contributed by atoms with van der Waals surface area (Å²) >= 11 is 0. The standard InChI is InChI=1S/C6H6O4/c1-2-8-5(7-1)6-9-3-4-10-6/h1-6H. The smallest absolute Gasteiger partial charge is 0.315 e. The van der Waals surface area contributed by atoms with Gasteiger partial charge in [0.15, 0.2) is 0 Å². The van der Waals surface area contributed by atoms with E-state index in [0.29, 0.717) is 0 Å². The van der Waals surface area contributed by atoms with Crippen molar-refractivity contribution in [3.8, 4) is 0 Å². The number of hydrogen-bond donors (Lipinski definition) is 0. The zero-order valence-corrected chi connectivity index (χ0v) is 5.10. The highest BCUT2D eigenvalue weighted by Gasteiger charge is 2.29. The molecule has 0 aromatic rings. The molecule has 2 rings (SSSR count).